The van der Waals surface area contributed by atoms with Crippen LogP contribution in [0.25, 0.3) is 0 Å². The number of hydrogen-bond donors (Lipinski definition) is 1. The second-order valence-corrected chi connectivity index (χ2v) is 7.49. The molecule has 23 heavy (non-hydrogen) atoms. The Labute approximate surface area is 140 Å². The van der Waals surface area contributed by atoms with Gasteiger partial charge in [0.15, 0.2) is 5.78 Å². The number of ether oxygens (including phenoxy) is 1. The molecule has 0 fully saturated rings. The van der Waals surface area contributed by atoms with Gasteiger partial charge in [0.1, 0.15) is 11.7 Å². The number of rotatable bonds is 5. The van der Waals surface area contributed by atoms with Crippen molar-refractivity contribution >= 4 is 23.5 Å². The molecule has 4 nitrogen and oxygen atoms in total. The van der Waals surface area contributed by atoms with E-state index in [0.717, 1.165) is 11.0 Å². The summed E-state index contributed by atoms with van der Waals surface area (Å²) >= 11 is 1.71. The van der Waals surface area contributed by atoms with E-state index in [9.17, 15) is 14.7 Å². The molecule has 1 N–H and O–H groups in total. The molecule has 1 aromatic carbocycles. The third-order valence-corrected chi connectivity index (χ3v) is 5.15. The van der Waals surface area contributed by atoms with Gasteiger partial charge in [-0.15, -0.1) is 11.8 Å². The molecule has 1 aliphatic rings. The second kappa shape index (κ2) is 7.68. The van der Waals surface area contributed by atoms with E-state index < -0.39 is 11.9 Å². The topological polar surface area (TPSA) is 63.6 Å². The van der Waals surface area contributed by atoms with Crippen molar-refractivity contribution in [2.75, 3.05) is 7.11 Å². The Bertz CT molecular complexity index is 606. The van der Waals surface area contributed by atoms with Crippen molar-refractivity contribution in [3.63, 3.8) is 0 Å². The first-order valence-electron chi connectivity index (χ1n) is 7.65. The molecule has 5 heteroatoms. The molecule has 0 saturated carbocycles. The predicted molar refractivity (Wildman–Crippen MR) is 90.4 cm³/mol. The normalized spacial score (nSPS) is 22.4. The number of aliphatic hydroxyl groups excluding tert-OH is 1. The van der Waals surface area contributed by atoms with Gasteiger partial charge in [-0.05, 0) is 31.4 Å². The number of hydrogen-bond acceptors (Lipinski definition) is 5. The summed E-state index contributed by atoms with van der Waals surface area (Å²) in [5.41, 5.74) is 1.21. The molecule has 0 saturated heterocycles. The second-order valence-electron chi connectivity index (χ2n) is 5.98. The molecule has 0 radical (unpaired) electrons. The van der Waals surface area contributed by atoms with Crippen LogP contribution in [0.2, 0.25) is 0 Å². The Morgan fingerprint density at radius 2 is 2.04 bits per heavy atom. The Morgan fingerprint density at radius 1 is 1.39 bits per heavy atom. The highest BCUT2D eigenvalue weighted by Crippen LogP contribution is 2.36. The number of aliphatic hydroxyl groups is 1. The van der Waals surface area contributed by atoms with Gasteiger partial charge in [0, 0.05) is 22.6 Å². The predicted octanol–water partition coefficient (Wildman–Crippen LogP) is 3.69. The van der Waals surface area contributed by atoms with Gasteiger partial charge in [0.05, 0.1) is 7.11 Å². The number of esters is 1. The van der Waals surface area contributed by atoms with Crippen molar-refractivity contribution in [1.29, 1.82) is 0 Å². The van der Waals surface area contributed by atoms with Crippen LogP contribution in [0.15, 0.2) is 41.0 Å². The van der Waals surface area contributed by atoms with Crippen molar-refractivity contribution in [1.82, 2.24) is 0 Å². The Hall–Kier alpha value is -1.75. The highest BCUT2D eigenvalue weighted by atomic mass is 32.2. The van der Waals surface area contributed by atoms with Crippen LogP contribution < -0.4 is 0 Å². The third-order valence-electron chi connectivity index (χ3n) is 4.01. The van der Waals surface area contributed by atoms with E-state index in [1.807, 2.05) is 6.92 Å². The lowest BCUT2D eigenvalue weighted by molar-refractivity contribution is -0.147. The smallest absolute Gasteiger partial charge is 0.316 e. The fraction of sp³-hybridized carbons (Fsp3) is 0.444. The maximum Gasteiger partial charge on any atom is 0.316 e. The number of aryl methyl sites for hydroxylation is 1. The van der Waals surface area contributed by atoms with Crippen molar-refractivity contribution < 1.29 is 19.4 Å². The van der Waals surface area contributed by atoms with Gasteiger partial charge in [-0.1, -0.05) is 24.6 Å². The Balaban J connectivity index is 2.06. The van der Waals surface area contributed by atoms with Gasteiger partial charge in [-0.2, -0.15) is 0 Å². The summed E-state index contributed by atoms with van der Waals surface area (Å²) in [6, 6.07) is 8.26. The average Bonchev–Trinajstić information content (AvgIpc) is 2.48. The lowest BCUT2D eigenvalue weighted by Crippen LogP contribution is -2.33. The average molecular weight is 334 g/mol. The molecular weight excluding hydrogens is 312 g/mol. The van der Waals surface area contributed by atoms with Crippen molar-refractivity contribution in [3.05, 3.63) is 41.7 Å². The van der Waals surface area contributed by atoms with E-state index in [1.54, 1.807) is 11.8 Å². The quantitative estimate of drug-likeness (QED) is 0.657. The molecule has 0 aliphatic heterocycles. The monoisotopic (exact) mass is 334 g/mol. The first-order chi connectivity index (χ1) is 10.9. The molecule has 3 unspecified atom stereocenters. The summed E-state index contributed by atoms with van der Waals surface area (Å²) in [7, 11) is 1.30. The van der Waals surface area contributed by atoms with Crippen molar-refractivity contribution in [2.24, 2.45) is 11.8 Å². The Kier molecular flexibility index (Phi) is 5.88. The van der Waals surface area contributed by atoms with Gasteiger partial charge < -0.3 is 9.84 Å². The van der Waals surface area contributed by atoms with Crippen LogP contribution in [0.4, 0.5) is 0 Å². The van der Waals surface area contributed by atoms with Gasteiger partial charge >= 0.3 is 5.97 Å². The number of thioether (sulfide) groups is 1. The molecule has 2 rings (SSSR count). The fourth-order valence-electron chi connectivity index (χ4n) is 2.91. The minimum Gasteiger partial charge on any atom is -0.511 e. The van der Waals surface area contributed by atoms with Crippen LogP contribution in [0.5, 0.6) is 0 Å². The third kappa shape index (κ3) is 4.61. The fourth-order valence-corrected chi connectivity index (χ4v) is 4.02. The summed E-state index contributed by atoms with van der Waals surface area (Å²) < 4.78 is 4.78. The molecular formula is C18H22O4S. The highest BCUT2D eigenvalue weighted by Gasteiger charge is 2.38. The largest absolute Gasteiger partial charge is 0.511 e. The summed E-state index contributed by atoms with van der Waals surface area (Å²) in [6.45, 7) is 4.11. The standard InChI is InChI=1S/C18H22O4S/c1-11-4-6-15(7-5-11)23-12(2)8-13-9-14(19)10-16(20)17(13)18(21)22-3/h4-7,10,12-13,17,20H,8-9H2,1-3H3. The number of methoxy groups -OCH3 is 1. The summed E-state index contributed by atoms with van der Waals surface area (Å²) in [5, 5.41) is 10.2. The van der Waals surface area contributed by atoms with Gasteiger partial charge in [0.2, 0.25) is 0 Å². The number of carbonyl (C=O) groups excluding carboxylic acids is 2. The van der Waals surface area contributed by atoms with Crippen LogP contribution in [-0.2, 0) is 14.3 Å². The van der Waals surface area contributed by atoms with Crippen molar-refractivity contribution in [3.8, 4) is 0 Å². The van der Waals surface area contributed by atoms with Crippen LogP contribution in [-0.4, -0.2) is 29.2 Å². The molecule has 1 aliphatic carbocycles. The zero-order chi connectivity index (χ0) is 17.0. The number of allylic oxidation sites excluding steroid dienone is 1. The first-order valence-corrected chi connectivity index (χ1v) is 8.53. The molecule has 0 bridgehead atoms. The van der Waals surface area contributed by atoms with E-state index in [1.165, 1.54) is 12.7 Å². The van der Waals surface area contributed by atoms with E-state index in [4.69, 9.17) is 4.74 Å². The number of carbonyl (C=O) groups is 2. The summed E-state index contributed by atoms with van der Waals surface area (Å²) in [5.74, 6) is -1.76. The minimum atomic E-state index is -0.737. The van der Waals surface area contributed by atoms with E-state index in [2.05, 4.69) is 31.2 Å². The van der Waals surface area contributed by atoms with E-state index in [0.29, 0.717) is 6.42 Å². The SMILES string of the molecule is COC(=O)C1C(O)=CC(=O)CC1CC(C)Sc1ccc(C)cc1. The molecule has 0 heterocycles. The summed E-state index contributed by atoms with van der Waals surface area (Å²) in [4.78, 5) is 24.8. The zero-order valence-electron chi connectivity index (χ0n) is 13.6. The maximum absolute atomic E-state index is 11.9. The molecule has 0 spiro atoms. The number of benzene rings is 1. The van der Waals surface area contributed by atoms with Gasteiger partial charge in [-0.25, -0.2) is 0 Å². The molecule has 1 aromatic rings. The van der Waals surface area contributed by atoms with Crippen LogP contribution in [0, 0.1) is 18.8 Å². The molecule has 0 aromatic heterocycles. The Morgan fingerprint density at radius 3 is 2.65 bits per heavy atom. The van der Waals surface area contributed by atoms with Crippen molar-refractivity contribution in [2.45, 2.75) is 36.8 Å². The lowest BCUT2D eigenvalue weighted by atomic mass is 9.79. The number of ketones is 1. The lowest BCUT2D eigenvalue weighted by Gasteiger charge is -2.29. The van der Waals surface area contributed by atoms with Crippen LogP contribution in [0.3, 0.4) is 0 Å². The highest BCUT2D eigenvalue weighted by molar-refractivity contribution is 7.99. The zero-order valence-corrected chi connectivity index (χ0v) is 14.4. The molecule has 3 atom stereocenters. The maximum atomic E-state index is 11.9. The molecule has 124 valence electrons. The van der Waals surface area contributed by atoms with Crippen LogP contribution >= 0.6 is 11.8 Å². The molecule has 0 amide bonds. The van der Waals surface area contributed by atoms with Gasteiger partial charge in [0.25, 0.3) is 0 Å². The van der Waals surface area contributed by atoms with E-state index >= 15 is 0 Å². The summed E-state index contributed by atoms with van der Waals surface area (Å²) in [6.07, 6.45) is 2.07. The van der Waals surface area contributed by atoms with Gasteiger partial charge in [-0.3, -0.25) is 9.59 Å². The first kappa shape index (κ1) is 17.6. The minimum absolute atomic E-state index is 0.139. The van der Waals surface area contributed by atoms with Crippen LogP contribution in [0.1, 0.15) is 25.3 Å². The van der Waals surface area contributed by atoms with E-state index in [-0.39, 0.29) is 29.1 Å².